The van der Waals surface area contributed by atoms with Crippen LogP contribution in [-0.4, -0.2) is 19.8 Å². The Bertz CT molecular complexity index is 351. The van der Waals surface area contributed by atoms with Crippen molar-refractivity contribution in [3.63, 3.8) is 0 Å². The van der Waals surface area contributed by atoms with Gasteiger partial charge in [-0.25, -0.2) is 0 Å². The summed E-state index contributed by atoms with van der Waals surface area (Å²) < 4.78 is 11.9. The molecule has 16 heavy (non-hydrogen) atoms. The van der Waals surface area contributed by atoms with E-state index in [2.05, 4.69) is 15.9 Å². The van der Waals surface area contributed by atoms with Gasteiger partial charge in [-0.1, -0.05) is 6.07 Å². The van der Waals surface area contributed by atoms with E-state index in [1.807, 2.05) is 18.2 Å². The summed E-state index contributed by atoms with van der Waals surface area (Å²) in [6.45, 7) is 2.42. The predicted octanol–water partition coefficient (Wildman–Crippen LogP) is 2.84. The number of nitrogen functional groups attached to an aromatic ring is 1. The zero-order valence-corrected chi connectivity index (χ0v) is 10.7. The highest BCUT2D eigenvalue weighted by molar-refractivity contribution is 9.10. The van der Waals surface area contributed by atoms with E-state index in [0.29, 0.717) is 11.6 Å². The van der Waals surface area contributed by atoms with Crippen molar-refractivity contribution in [3.8, 4) is 5.75 Å². The van der Waals surface area contributed by atoms with Crippen molar-refractivity contribution in [2.45, 2.75) is 12.8 Å². The summed E-state index contributed by atoms with van der Waals surface area (Å²) >= 11 is 3.39. The van der Waals surface area contributed by atoms with E-state index in [9.17, 15) is 0 Å². The Morgan fingerprint density at radius 2 is 2.12 bits per heavy atom. The molecule has 0 spiro atoms. The van der Waals surface area contributed by atoms with Crippen molar-refractivity contribution in [3.05, 3.63) is 22.7 Å². The largest absolute Gasteiger partial charge is 0.491 e. The maximum Gasteiger partial charge on any atom is 0.143 e. The van der Waals surface area contributed by atoms with Gasteiger partial charge in [0, 0.05) is 17.7 Å². The van der Waals surface area contributed by atoms with Crippen LogP contribution in [0.25, 0.3) is 0 Å². The molecule has 88 valence electrons. The van der Waals surface area contributed by atoms with Crippen molar-refractivity contribution in [2.75, 3.05) is 25.6 Å². The van der Waals surface area contributed by atoms with Crippen LogP contribution in [0.4, 0.5) is 5.69 Å². The van der Waals surface area contributed by atoms with Crippen molar-refractivity contribution in [1.82, 2.24) is 0 Å². The number of anilines is 1. The van der Waals surface area contributed by atoms with Gasteiger partial charge in [-0.15, -0.1) is 0 Å². The molecule has 4 heteroatoms. The quantitative estimate of drug-likeness (QED) is 0.869. The number of ether oxygens (including phenoxy) is 2. The average molecular weight is 286 g/mol. The Balaban J connectivity index is 1.91. The summed E-state index contributed by atoms with van der Waals surface area (Å²) in [5, 5.41) is 0. The lowest BCUT2D eigenvalue weighted by Crippen LogP contribution is -2.21. The van der Waals surface area contributed by atoms with Crippen molar-refractivity contribution in [2.24, 2.45) is 5.92 Å². The summed E-state index contributed by atoms with van der Waals surface area (Å²) in [5.41, 5.74) is 6.58. The van der Waals surface area contributed by atoms with Crippen molar-refractivity contribution >= 4 is 21.6 Å². The van der Waals surface area contributed by atoms with Gasteiger partial charge in [0.15, 0.2) is 0 Å². The predicted molar refractivity (Wildman–Crippen MR) is 67.6 cm³/mol. The van der Waals surface area contributed by atoms with Crippen LogP contribution in [0, 0.1) is 5.92 Å². The normalized spacial score (nSPS) is 17.3. The highest BCUT2D eigenvalue weighted by Gasteiger charge is 2.15. The van der Waals surface area contributed by atoms with Gasteiger partial charge >= 0.3 is 0 Å². The summed E-state index contributed by atoms with van der Waals surface area (Å²) in [7, 11) is 0. The molecule has 1 aromatic carbocycles. The Morgan fingerprint density at radius 1 is 1.38 bits per heavy atom. The molecule has 1 saturated heterocycles. The molecule has 0 unspecified atom stereocenters. The summed E-state index contributed by atoms with van der Waals surface area (Å²) in [4.78, 5) is 0. The number of hydrogen-bond donors (Lipinski definition) is 1. The van der Waals surface area contributed by atoms with Gasteiger partial charge in [0.1, 0.15) is 5.75 Å². The highest BCUT2D eigenvalue weighted by Crippen LogP contribution is 2.30. The van der Waals surface area contributed by atoms with Gasteiger partial charge in [0.25, 0.3) is 0 Å². The van der Waals surface area contributed by atoms with E-state index >= 15 is 0 Å². The third-order valence-electron chi connectivity index (χ3n) is 2.83. The van der Waals surface area contributed by atoms with Crippen molar-refractivity contribution < 1.29 is 9.47 Å². The molecule has 0 radical (unpaired) electrons. The molecule has 2 N–H and O–H groups in total. The molecule has 0 atom stereocenters. The number of para-hydroxylation sites is 1. The Hall–Kier alpha value is -0.740. The number of benzene rings is 1. The molecule has 1 fully saturated rings. The van der Waals surface area contributed by atoms with Crippen LogP contribution in [0.15, 0.2) is 22.7 Å². The van der Waals surface area contributed by atoms with Gasteiger partial charge in [0.05, 0.1) is 12.3 Å². The van der Waals surface area contributed by atoms with E-state index in [4.69, 9.17) is 15.2 Å². The molecule has 1 aromatic rings. The van der Waals surface area contributed by atoms with Gasteiger partial charge in [-0.2, -0.15) is 0 Å². The molecule has 1 aliphatic rings. The highest BCUT2D eigenvalue weighted by atomic mass is 79.9. The third kappa shape index (κ3) is 2.89. The van der Waals surface area contributed by atoms with Crippen LogP contribution in [0.1, 0.15) is 12.8 Å². The summed E-state index contributed by atoms with van der Waals surface area (Å²) in [5.74, 6) is 1.35. The van der Waals surface area contributed by atoms with Crippen LogP contribution in [0.5, 0.6) is 5.75 Å². The Labute approximate surface area is 104 Å². The second-order valence-corrected chi connectivity index (χ2v) is 4.87. The van der Waals surface area contributed by atoms with Crippen LogP contribution >= 0.6 is 15.9 Å². The monoisotopic (exact) mass is 285 g/mol. The van der Waals surface area contributed by atoms with Crippen LogP contribution in [0.2, 0.25) is 0 Å². The number of hydrogen-bond acceptors (Lipinski definition) is 3. The first-order valence-corrected chi connectivity index (χ1v) is 6.31. The summed E-state index contributed by atoms with van der Waals surface area (Å²) in [6, 6.07) is 5.75. The topological polar surface area (TPSA) is 44.5 Å². The van der Waals surface area contributed by atoms with Gasteiger partial charge in [0.2, 0.25) is 0 Å². The van der Waals surface area contributed by atoms with Crippen molar-refractivity contribution in [1.29, 1.82) is 0 Å². The Kier molecular flexibility index (Phi) is 4.07. The zero-order chi connectivity index (χ0) is 11.4. The zero-order valence-electron chi connectivity index (χ0n) is 9.12. The first-order valence-electron chi connectivity index (χ1n) is 5.52. The third-order valence-corrected chi connectivity index (χ3v) is 3.52. The van der Waals surface area contributed by atoms with E-state index in [-0.39, 0.29) is 0 Å². The minimum absolute atomic E-state index is 0.590. The average Bonchev–Trinajstić information content (AvgIpc) is 2.32. The fourth-order valence-corrected chi connectivity index (χ4v) is 2.11. The minimum Gasteiger partial charge on any atom is -0.491 e. The Morgan fingerprint density at radius 3 is 2.88 bits per heavy atom. The van der Waals surface area contributed by atoms with Gasteiger partial charge in [-0.3, -0.25) is 0 Å². The summed E-state index contributed by atoms with van der Waals surface area (Å²) in [6.07, 6.45) is 2.15. The SMILES string of the molecule is Nc1c(Br)cccc1OCC1CCOCC1. The molecule has 0 amide bonds. The maximum absolute atomic E-state index is 5.90. The number of nitrogens with two attached hydrogens (primary N) is 1. The number of rotatable bonds is 3. The lowest BCUT2D eigenvalue weighted by molar-refractivity contribution is 0.0499. The molecule has 0 bridgehead atoms. The second kappa shape index (κ2) is 5.55. The molecule has 3 nitrogen and oxygen atoms in total. The van der Waals surface area contributed by atoms with Gasteiger partial charge < -0.3 is 15.2 Å². The van der Waals surface area contributed by atoms with Gasteiger partial charge in [-0.05, 0) is 46.8 Å². The van der Waals surface area contributed by atoms with Crippen LogP contribution in [0.3, 0.4) is 0 Å². The molecule has 0 aliphatic carbocycles. The minimum atomic E-state index is 0.590. The lowest BCUT2D eigenvalue weighted by Gasteiger charge is -2.22. The molecular weight excluding hydrogens is 270 g/mol. The van der Waals surface area contributed by atoms with E-state index in [0.717, 1.165) is 42.9 Å². The lowest BCUT2D eigenvalue weighted by atomic mass is 10.0. The first kappa shape index (κ1) is 11.7. The standard InChI is InChI=1S/C12H16BrNO2/c13-10-2-1-3-11(12(10)14)16-8-9-4-6-15-7-5-9/h1-3,9H,4-8,14H2. The van der Waals surface area contributed by atoms with Crippen LogP contribution in [-0.2, 0) is 4.74 Å². The molecule has 0 saturated carbocycles. The molecule has 1 aliphatic heterocycles. The number of halogens is 1. The first-order chi connectivity index (χ1) is 7.77. The van der Waals surface area contributed by atoms with E-state index < -0.39 is 0 Å². The fraction of sp³-hybridized carbons (Fsp3) is 0.500. The van der Waals surface area contributed by atoms with E-state index in [1.165, 1.54) is 0 Å². The fourth-order valence-electron chi connectivity index (χ4n) is 1.76. The molecular formula is C12H16BrNO2. The molecule has 0 aromatic heterocycles. The smallest absolute Gasteiger partial charge is 0.143 e. The molecule has 2 rings (SSSR count). The second-order valence-electron chi connectivity index (χ2n) is 4.02. The molecule has 1 heterocycles. The van der Waals surface area contributed by atoms with Crippen LogP contribution < -0.4 is 10.5 Å². The maximum atomic E-state index is 5.90. The van der Waals surface area contributed by atoms with E-state index in [1.54, 1.807) is 0 Å².